The molecule has 0 bridgehead atoms. The van der Waals surface area contributed by atoms with Gasteiger partial charge in [0.15, 0.2) is 0 Å². The summed E-state index contributed by atoms with van der Waals surface area (Å²) in [5, 5.41) is 9.56. The van der Waals surface area contributed by atoms with Crippen LogP contribution in [0.2, 0.25) is 0 Å². The molecule has 0 amide bonds. The van der Waals surface area contributed by atoms with E-state index in [-0.39, 0.29) is 5.92 Å². The molecule has 0 aliphatic carbocycles. The van der Waals surface area contributed by atoms with Gasteiger partial charge in [0.1, 0.15) is 0 Å². The lowest BCUT2D eigenvalue weighted by atomic mass is 9.91. The Morgan fingerprint density at radius 2 is 1.95 bits per heavy atom. The van der Waals surface area contributed by atoms with Crippen molar-refractivity contribution in [1.29, 1.82) is 0 Å². The van der Waals surface area contributed by atoms with Gasteiger partial charge in [-0.15, -0.1) is 0 Å². The molecule has 110 valence electrons. The summed E-state index contributed by atoms with van der Waals surface area (Å²) in [6.45, 7) is 4.21. The fourth-order valence-corrected chi connectivity index (χ4v) is 3.03. The van der Waals surface area contributed by atoms with Gasteiger partial charge in [0.05, 0.1) is 5.92 Å². The quantitative estimate of drug-likeness (QED) is 0.852. The zero-order chi connectivity index (χ0) is 14.4. The first kappa shape index (κ1) is 14.9. The lowest BCUT2D eigenvalue weighted by Gasteiger charge is -2.31. The maximum atomic E-state index is 11.6. The lowest BCUT2D eigenvalue weighted by molar-refractivity contribution is -0.139. The number of piperidine rings is 1. The van der Waals surface area contributed by atoms with E-state index in [4.69, 9.17) is 0 Å². The van der Waals surface area contributed by atoms with Crippen molar-refractivity contribution in [2.45, 2.75) is 51.4 Å². The first-order valence-electron chi connectivity index (χ1n) is 7.80. The molecule has 1 unspecified atom stereocenters. The number of carboxylic acids is 1. The number of carbonyl (C=O) groups is 1. The van der Waals surface area contributed by atoms with Crippen LogP contribution in [-0.4, -0.2) is 24.2 Å². The van der Waals surface area contributed by atoms with E-state index < -0.39 is 5.97 Å². The highest BCUT2D eigenvalue weighted by Gasteiger charge is 2.24. The van der Waals surface area contributed by atoms with Crippen LogP contribution in [0.4, 0.5) is 5.69 Å². The van der Waals surface area contributed by atoms with Gasteiger partial charge in [0.2, 0.25) is 0 Å². The maximum absolute atomic E-state index is 11.6. The normalized spacial score (nSPS) is 16.9. The average Bonchev–Trinajstić information content (AvgIpc) is 2.49. The van der Waals surface area contributed by atoms with E-state index >= 15 is 0 Å². The molecule has 20 heavy (non-hydrogen) atoms. The minimum atomic E-state index is -0.692. The van der Waals surface area contributed by atoms with E-state index in [0.29, 0.717) is 0 Å². The molecule has 1 saturated heterocycles. The molecular weight excluding hydrogens is 250 g/mol. The summed E-state index contributed by atoms with van der Waals surface area (Å²) in [6.07, 6.45) is 6.44. The first-order valence-corrected chi connectivity index (χ1v) is 7.80. The number of para-hydroxylation sites is 1. The Labute approximate surface area is 121 Å². The van der Waals surface area contributed by atoms with E-state index in [1.54, 1.807) is 0 Å². The molecule has 1 heterocycles. The highest BCUT2D eigenvalue weighted by atomic mass is 16.4. The molecule has 0 aromatic heterocycles. The van der Waals surface area contributed by atoms with E-state index in [1.807, 2.05) is 18.2 Å². The Kier molecular flexibility index (Phi) is 5.45. The number of rotatable bonds is 6. The molecule has 0 radical (unpaired) electrons. The number of aliphatic carboxylic acids is 1. The van der Waals surface area contributed by atoms with Gasteiger partial charge in [0.25, 0.3) is 0 Å². The lowest BCUT2D eigenvalue weighted by Crippen LogP contribution is -2.31. The Balaban J connectivity index is 2.26. The summed E-state index contributed by atoms with van der Waals surface area (Å²) >= 11 is 0. The van der Waals surface area contributed by atoms with Crippen LogP contribution in [-0.2, 0) is 4.79 Å². The van der Waals surface area contributed by atoms with Gasteiger partial charge in [-0.3, -0.25) is 4.79 Å². The van der Waals surface area contributed by atoms with E-state index in [9.17, 15) is 9.90 Å². The van der Waals surface area contributed by atoms with E-state index in [0.717, 1.165) is 43.6 Å². The predicted molar refractivity (Wildman–Crippen MR) is 82.4 cm³/mol. The fraction of sp³-hybridized carbons (Fsp3) is 0.588. The average molecular weight is 275 g/mol. The molecule has 1 aliphatic heterocycles. The molecule has 1 aliphatic rings. The molecular formula is C17H25NO2. The third kappa shape index (κ3) is 3.53. The Morgan fingerprint density at radius 1 is 1.25 bits per heavy atom. The summed E-state index contributed by atoms with van der Waals surface area (Å²) in [5.41, 5.74) is 2.13. The monoisotopic (exact) mass is 275 g/mol. The second-order valence-corrected chi connectivity index (χ2v) is 5.64. The second kappa shape index (κ2) is 7.32. The SMILES string of the molecule is CCCCC(C(=O)O)c1ccccc1N1CCCCC1. The number of benzene rings is 1. The summed E-state index contributed by atoms with van der Waals surface area (Å²) in [7, 11) is 0. The molecule has 3 nitrogen and oxygen atoms in total. The van der Waals surface area contributed by atoms with E-state index in [2.05, 4.69) is 17.9 Å². The molecule has 1 aromatic rings. The number of unbranched alkanes of at least 4 members (excludes halogenated alkanes) is 1. The van der Waals surface area contributed by atoms with Crippen molar-refractivity contribution in [1.82, 2.24) is 0 Å². The van der Waals surface area contributed by atoms with Crippen molar-refractivity contribution < 1.29 is 9.90 Å². The Morgan fingerprint density at radius 3 is 2.60 bits per heavy atom. The summed E-state index contributed by atoms with van der Waals surface area (Å²) in [5.74, 6) is -1.06. The zero-order valence-electron chi connectivity index (χ0n) is 12.3. The van der Waals surface area contributed by atoms with Crippen LogP contribution in [0.25, 0.3) is 0 Å². The molecule has 1 fully saturated rings. The largest absolute Gasteiger partial charge is 0.481 e. The third-order valence-corrected chi connectivity index (χ3v) is 4.15. The van der Waals surface area contributed by atoms with Gasteiger partial charge in [-0.25, -0.2) is 0 Å². The molecule has 3 heteroatoms. The molecule has 1 atom stereocenters. The maximum Gasteiger partial charge on any atom is 0.311 e. The van der Waals surface area contributed by atoms with Gasteiger partial charge in [-0.2, -0.15) is 0 Å². The van der Waals surface area contributed by atoms with Crippen LogP contribution in [0.15, 0.2) is 24.3 Å². The molecule has 0 spiro atoms. The predicted octanol–water partition coefficient (Wildman–Crippen LogP) is 4.04. The van der Waals surface area contributed by atoms with Crippen LogP contribution in [0.5, 0.6) is 0 Å². The van der Waals surface area contributed by atoms with Crippen molar-refractivity contribution in [3.05, 3.63) is 29.8 Å². The topological polar surface area (TPSA) is 40.5 Å². The molecule has 2 rings (SSSR count). The van der Waals surface area contributed by atoms with Gasteiger partial charge in [-0.1, -0.05) is 38.0 Å². The van der Waals surface area contributed by atoms with Crippen LogP contribution >= 0.6 is 0 Å². The highest BCUT2D eigenvalue weighted by Crippen LogP contribution is 2.32. The summed E-state index contributed by atoms with van der Waals surface area (Å²) < 4.78 is 0. The standard InChI is InChI=1S/C17H25NO2/c1-2-3-9-15(17(19)20)14-10-5-6-11-16(14)18-12-7-4-8-13-18/h5-6,10-11,15H,2-4,7-9,12-13H2,1H3,(H,19,20). The van der Waals surface area contributed by atoms with Crippen LogP contribution < -0.4 is 4.90 Å². The number of hydrogen-bond acceptors (Lipinski definition) is 2. The van der Waals surface area contributed by atoms with Gasteiger partial charge >= 0.3 is 5.97 Å². The van der Waals surface area contributed by atoms with Gasteiger partial charge in [-0.05, 0) is 37.3 Å². The van der Waals surface area contributed by atoms with Crippen molar-refractivity contribution >= 4 is 11.7 Å². The van der Waals surface area contributed by atoms with Crippen molar-refractivity contribution in [2.75, 3.05) is 18.0 Å². The van der Waals surface area contributed by atoms with E-state index in [1.165, 1.54) is 19.3 Å². The number of anilines is 1. The number of carboxylic acid groups (broad SMARTS) is 1. The Hall–Kier alpha value is -1.51. The number of nitrogens with zero attached hydrogens (tertiary/aromatic N) is 1. The zero-order valence-corrected chi connectivity index (χ0v) is 12.3. The molecule has 1 aromatic carbocycles. The highest BCUT2D eigenvalue weighted by molar-refractivity contribution is 5.79. The van der Waals surface area contributed by atoms with Crippen LogP contribution in [0.1, 0.15) is 56.9 Å². The third-order valence-electron chi connectivity index (χ3n) is 4.15. The van der Waals surface area contributed by atoms with Crippen molar-refractivity contribution in [2.24, 2.45) is 0 Å². The van der Waals surface area contributed by atoms with Crippen LogP contribution in [0, 0.1) is 0 Å². The minimum Gasteiger partial charge on any atom is -0.481 e. The second-order valence-electron chi connectivity index (χ2n) is 5.64. The van der Waals surface area contributed by atoms with Crippen molar-refractivity contribution in [3.63, 3.8) is 0 Å². The molecule has 1 N–H and O–H groups in total. The number of hydrogen-bond donors (Lipinski definition) is 1. The summed E-state index contributed by atoms with van der Waals surface area (Å²) in [4.78, 5) is 14.0. The summed E-state index contributed by atoms with van der Waals surface area (Å²) in [6, 6.07) is 8.07. The van der Waals surface area contributed by atoms with Gasteiger partial charge < -0.3 is 10.0 Å². The molecule has 0 saturated carbocycles. The van der Waals surface area contributed by atoms with Crippen LogP contribution in [0.3, 0.4) is 0 Å². The first-order chi connectivity index (χ1) is 9.74. The van der Waals surface area contributed by atoms with Gasteiger partial charge in [0, 0.05) is 18.8 Å². The minimum absolute atomic E-state index is 0.368. The fourth-order valence-electron chi connectivity index (χ4n) is 3.03. The van der Waals surface area contributed by atoms with Crippen molar-refractivity contribution in [3.8, 4) is 0 Å². The smallest absolute Gasteiger partial charge is 0.311 e. The Bertz CT molecular complexity index is 438.